The highest BCUT2D eigenvalue weighted by molar-refractivity contribution is 6.62. The zero-order chi connectivity index (χ0) is 7.82. The Morgan fingerprint density at radius 3 is 1.80 bits per heavy atom. The van der Waals surface area contributed by atoms with Crippen molar-refractivity contribution in [2.75, 3.05) is 0 Å². The van der Waals surface area contributed by atoms with E-state index in [1.165, 1.54) is 6.92 Å². The topological polar surface area (TPSA) is 30.0 Å². The lowest BCUT2D eigenvalue weighted by atomic mass is 10.5. The summed E-state index contributed by atoms with van der Waals surface area (Å²) in [6, 6.07) is 5.72. The van der Waals surface area contributed by atoms with E-state index < -0.39 is 0 Å². The van der Waals surface area contributed by atoms with Gasteiger partial charge in [0.25, 0.3) is 0 Å². The highest BCUT2D eigenvalue weighted by atomic mass is 35.5. The molecule has 0 amide bonds. The molecule has 1 rings (SSSR count). The maximum absolute atomic E-state index is 9.21. The third kappa shape index (κ3) is 10.2. The molecular weight excluding hydrogens is 150 g/mol. The van der Waals surface area contributed by atoms with Crippen molar-refractivity contribution in [2.45, 2.75) is 6.92 Å². The van der Waals surface area contributed by atoms with Gasteiger partial charge in [0.05, 0.1) is 0 Å². The van der Waals surface area contributed by atoms with Crippen LogP contribution in [0, 0.1) is 0 Å². The van der Waals surface area contributed by atoms with Crippen molar-refractivity contribution < 1.29 is 4.79 Å². The van der Waals surface area contributed by atoms with Crippen LogP contribution in [0.25, 0.3) is 0 Å². The van der Waals surface area contributed by atoms with Gasteiger partial charge in [-0.1, -0.05) is 6.07 Å². The third-order valence-electron chi connectivity index (χ3n) is 0.566. The van der Waals surface area contributed by atoms with E-state index in [0.717, 1.165) is 0 Å². The Morgan fingerprint density at radius 2 is 1.70 bits per heavy atom. The predicted octanol–water partition coefficient (Wildman–Crippen LogP) is 1.85. The standard InChI is InChI=1S/C5H5N.C2H3ClO/c1-2-4-6-5-3-1;1-2(3)4/h1-5H;1H3. The van der Waals surface area contributed by atoms with Gasteiger partial charge in [0.2, 0.25) is 5.24 Å². The van der Waals surface area contributed by atoms with Gasteiger partial charge < -0.3 is 0 Å². The predicted molar refractivity (Wildman–Crippen MR) is 40.8 cm³/mol. The van der Waals surface area contributed by atoms with Crippen molar-refractivity contribution in [1.82, 2.24) is 4.98 Å². The number of pyridine rings is 1. The van der Waals surface area contributed by atoms with Crippen LogP contribution in [0.1, 0.15) is 6.92 Å². The van der Waals surface area contributed by atoms with E-state index in [4.69, 9.17) is 0 Å². The molecule has 3 heteroatoms. The summed E-state index contributed by atoms with van der Waals surface area (Å²) in [5.74, 6) is 0. The molecule has 0 N–H and O–H groups in total. The molecule has 54 valence electrons. The summed E-state index contributed by atoms with van der Waals surface area (Å²) < 4.78 is 0. The van der Waals surface area contributed by atoms with Crippen LogP contribution in [0.3, 0.4) is 0 Å². The molecule has 0 aromatic carbocycles. The van der Waals surface area contributed by atoms with E-state index in [9.17, 15) is 4.79 Å². The maximum atomic E-state index is 9.21. The van der Waals surface area contributed by atoms with E-state index in [0.29, 0.717) is 0 Å². The third-order valence-corrected chi connectivity index (χ3v) is 0.566. The Balaban J connectivity index is 0.000000180. The summed E-state index contributed by atoms with van der Waals surface area (Å²) in [6.07, 6.45) is 3.50. The summed E-state index contributed by atoms with van der Waals surface area (Å²) in [6.45, 7) is 1.29. The molecule has 0 saturated carbocycles. The highest BCUT2D eigenvalue weighted by Gasteiger charge is 1.67. The lowest BCUT2D eigenvalue weighted by Gasteiger charge is -1.70. The van der Waals surface area contributed by atoms with Gasteiger partial charge in [-0.25, -0.2) is 0 Å². The summed E-state index contributed by atoms with van der Waals surface area (Å²) >= 11 is 4.64. The Bertz CT molecular complexity index is 146. The van der Waals surface area contributed by atoms with Gasteiger partial charge in [-0.15, -0.1) is 0 Å². The minimum Gasteiger partial charge on any atom is -0.282 e. The van der Waals surface area contributed by atoms with E-state index in [1.807, 2.05) is 18.2 Å². The number of aromatic nitrogens is 1. The van der Waals surface area contributed by atoms with Gasteiger partial charge >= 0.3 is 0 Å². The molecule has 0 unspecified atom stereocenters. The molecule has 0 atom stereocenters. The van der Waals surface area contributed by atoms with Gasteiger partial charge in [-0.05, 0) is 23.7 Å². The molecule has 0 saturated heterocycles. The summed E-state index contributed by atoms with van der Waals surface area (Å²) in [5, 5.41) is -0.361. The van der Waals surface area contributed by atoms with Gasteiger partial charge in [0.1, 0.15) is 0 Å². The van der Waals surface area contributed by atoms with Crippen LogP contribution < -0.4 is 0 Å². The van der Waals surface area contributed by atoms with Crippen molar-refractivity contribution in [3.63, 3.8) is 0 Å². The number of carbonyl (C=O) groups excluding carboxylic acids is 1. The number of hydrogen-bond donors (Lipinski definition) is 0. The molecule has 10 heavy (non-hydrogen) atoms. The number of nitrogens with zero attached hydrogens (tertiary/aromatic N) is 1. The van der Waals surface area contributed by atoms with Crippen LogP contribution in [0.5, 0.6) is 0 Å². The van der Waals surface area contributed by atoms with Crippen molar-refractivity contribution in [3.8, 4) is 0 Å². The molecule has 0 radical (unpaired) electrons. The second-order valence-corrected chi connectivity index (χ2v) is 2.03. The molecule has 0 fully saturated rings. The minimum absolute atomic E-state index is 0.361. The fraction of sp³-hybridized carbons (Fsp3) is 0.143. The first kappa shape index (κ1) is 9.11. The van der Waals surface area contributed by atoms with Crippen molar-refractivity contribution in [3.05, 3.63) is 30.6 Å². The zero-order valence-corrected chi connectivity index (χ0v) is 6.38. The van der Waals surface area contributed by atoms with Crippen molar-refractivity contribution in [2.24, 2.45) is 0 Å². The fourth-order valence-corrected chi connectivity index (χ4v) is 0.313. The largest absolute Gasteiger partial charge is 0.282 e. The van der Waals surface area contributed by atoms with E-state index in [1.54, 1.807) is 12.4 Å². The molecule has 2 nitrogen and oxygen atoms in total. The average molecular weight is 158 g/mol. The summed E-state index contributed by atoms with van der Waals surface area (Å²) in [4.78, 5) is 13.0. The van der Waals surface area contributed by atoms with E-state index in [2.05, 4.69) is 16.6 Å². The van der Waals surface area contributed by atoms with Crippen molar-refractivity contribution >= 4 is 16.8 Å². The first-order valence-electron chi connectivity index (χ1n) is 2.74. The van der Waals surface area contributed by atoms with Crippen molar-refractivity contribution in [1.29, 1.82) is 0 Å². The first-order valence-corrected chi connectivity index (χ1v) is 3.12. The van der Waals surface area contributed by atoms with Gasteiger partial charge in [0.15, 0.2) is 0 Å². The number of carbonyl (C=O) groups is 1. The number of halogens is 1. The molecule has 0 bridgehead atoms. The summed E-state index contributed by atoms with van der Waals surface area (Å²) in [7, 11) is 0. The molecule has 0 aliphatic carbocycles. The fourth-order valence-electron chi connectivity index (χ4n) is 0.313. The minimum atomic E-state index is -0.361. The molecule has 1 aromatic heterocycles. The number of rotatable bonds is 0. The molecule has 0 spiro atoms. The van der Waals surface area contributed by atoms with Crippen LogP contribution in [0.15, 0.2) is 30.6 Å². The SMILES string of the molecule is CC(=O)Cl.c1ccncc1. The second kappa shape index (κ2) is 6.23. The van der Waals surface area contributed by atoms with Crippen LogP contribution in [0.2, 0.25) is 0 Å². The Kier molecular flexibility index (Phi) is 5.68. The lowest BCUT2D eigenvalue weighted by Crippen LogP contribution is -1.62. The molecule has 0 aliphatic heterocycles. The molecular formula is C7H8ClNO. The van der Waals surface area contributed by atoms with Crippen LogP contribution in [-0.4, -0.2) is 10.2 Å². The first-order chi connectivity index (χ1) is 4.73. The quantitative estimate of drug-likeness (QED) is 0.538. The number of hydrogen-bond acceptors (Lipinski definition) is 2. The Labute approximate surface area is 64.9 Å². The lowest BCUT2D eigenvalue weighted by molar-refractivity contribution is -0.109. The molecule has 1 aromatic rings. The average Bonchev–Trinajstić information content (AvgIpc) is 1.90. The normalized spacial score (nSPS) is 7.40. The molecule has 1 heterocycles. The second-order valence-electron chi connectivity index (χ2n) is 1.49. The van der Waals surface area contributed by atoms with Gasteiger partial charge in [0, 0.05) is 19.3 Å². The van der Waals surface area contributed by atoms with E-state index >= 15 is 0 Å². The smallest absolute Gasteiger partial charge is 0.218 e. The Morgan fingerprint density at radius 1 is 1.30 bits per heavy atom. The van der Waals surface area contributed by atoms with Gasteiger partial charge in [-0.3, -0.25) is 9.78 Å². The monoisotopic (exact) mass is 157 g/mol. The Hall–Kier alpha value is -0.890. The molecule has 0 aliphatic rings. The zero-order valence-electron chi connectivity index (χ0n) is 5.62. The van der Waals surface area contributed by atoms with Crippen LogP contribution in [0.4, 0.5) is 0 Å². The maximum Gasteiger partial charge on any atom is 0.218 e. The van der Waals surface area contributed by atoms with Crippen LogP contribution in [-0.2, 0) is 4.79 Å². The van der Waals surface area contributed by atoms with Crippen LogP contribution >= 0.6 is 11.6 Å². The summed E-state index contributed by atoms with van der Waals surface area (Å²) in [5.41, 5.74) is 0. The van der Waals surface area contributed by atoms with Gasteiger partial charge in [-0.2, -0.15) is 0 Å². The van der Waals surface area contributed by atoms with E-state index in [-0.39, 0.29) is 5.24 Å². The highest BCUT2D eigenvalue weighted by Crippen LogP contribution is 1.73.